The molecule has 27 heavy (non-hydrogen) atoms. The SMILES string of the molecule is O=C(CCCC(=O)NCc1ccc(Cl)cc1Cl)NCc1ccc(Cl)cc1Cl. The van der Waals surface area contributed by atoms with Crippen LogP contribution in [0.4, 0.5) is 0 Å². The molecule has 4 nitrogen and oxygen atoms in total. The van der Waals surface area contributed by atoms with Gasteiger partial charge in [-0.2, -0.15) is 0 Å². The van der Waals surface area contributed by atoms with Crippen molar-refractivity contribution in [2.24, 2.45) is 0 Å². The monoisotopic (exact) mass is 446 g/mol. The Labute approximate surface area is 178 Å². The third-order valence-corrected chi connectivity index (χ3v) is 4.96. The lowest BCUT2D eigenvalue weighted by Crippen LogP contribution is -2.25. The zero-order valence-electron chi connectivity index (χ0n) is 14.3. The summed E-state index contributed by atoms with van der Waals surface area (Å²) >= 11 is 23.8. The molecule has 0 aliphatic carbocycles. The Bertz CT molecular complexity index is 760. The van der Waals surface area contributed by atoms with Gasteiger partial charge >= 0.3 is 0 Å². The summed E-state index contributed by atoms with van der Waals surface area (Å²) in [7, 11) is 0. The lowest BCUT2D eigenvalue weighted by atomic mass is 10.2. The van der Waals surface area contributed by atoms with Crippen molar-refractivity contribution in [1.29, 1.82) is 0 Å². The molecule has 0 unspecified atom stereocenters. The van der Waals surface area contributed by atoms with Crippen LogP contribution in [0.3, 0.4) is 0 Å². The first-order valence-corrected chi connectivity index (χ1v) is 9.77. The molecule has 0 aromatic heterocycles. The van der Waals surface area contributed by atoms with Crippen LogP contribution in [0.5, 0.6) is 0 Å². The summed E-state index contributed by atoms with van der Waals surface area (Å²) in [6.45, 7) is 0.631. The number of hydrogen-bond acceptors (Lipinski definition) is 2. The van der Waals surface area contributed by atoms with E-state index in [0.29, 0.717) is 39.6 Å². The molecule has 0 atom stereocenters. The van der Waals surface area contributed by atoms with Crippen LogP contribution in [0.2, 0.25) is 20.1 Å². The van der Waals surface area contributed by atoms with E-state index in [4.69, 9.17) is 46.4 Å². The van der Waals surface area contributed by atoms with Crippen molar-refractivity contribution in [3.05, 3.63) is 67.6 Å². The molecule has 0 saturated carbocycles. The van der Waals surface area contributed by atoms with E-state index >= 15 is 0 Å². The number of hydrogen-bond donors (Lipinski definition) is 2. The molecule has 2 rings (SSSR count). The second kappa shape index (κ2) is 10.8. The van der Waals surface area contributed by atoms with Crippen LogP contribution in [0.15, 0.2) is 36.4 Å². The van der Waals surface area contributed by atoms with E-state index in [2.05, 4.69) is 10.6 Å². The van der Waals surface area contributed by atoms with Crippen molar-refractivity contribution in [3.8, 4) is 0 Å². The van der Waals surface area contributed by atoms with Gasteiger partial charge in [0.15, 0.2) is 0 Å². The van der Waals surface area contributed by atoms with Crippen molar-refractivity contribution in [1.82, 2.24) is 10.6 Å². The van der Waals surface area contributed by atoms with E-state index in [1.165, 1.54) is 0 Å². The van der Waals surface area contributed by atoms with Crippen molar-refractivity contribution in [3.63, 3.8) is 0 Å². The van der Waals surface area contributed by atoms with Crippen LogP contribution in [0, 0.1) is 0 Å². The number of carbonyl (C=O) groups is 2. The lowest BCUT2D eigenvalue weighted by Gasteiger charge is -2.09. The number of nitrogens with one attached hydrogen (secondary N) is 2. The average Bonchev–Trinajstić information content (AvgIpc) is 2.60. The molecule has 2 aromatic rings. The summed E-state index contributed by atoms with van der Waals surface area (Å²) in [4.78, 5) is 23.8. The second-order valence-electron chi connectivity index (χ2n) is 5.88. The molecule has 0 aliphatic heterocycles. The Hall–Kier alpha value is -1.46. The van der Waals surface area contributed by atoms with Crippen LogP contribution in [-0.2, 0) is 22.7 Å². The molecule has 2 amide bonds. The first kappa shape index (κ1) is 21.8. The molecule has 2 aromatic carbocycles. The normalized spacial score (nSPS) is 10.5. The highest BCUT2D eigenvalue weighted by atomic mass is 35.5. The van der Waals surface area contributed by atoms with Gasteiger partial charge in [0, 0.05) is 46.0 Å². The summed E-state index contributed by atoms with van der Waals surface area (Å²) < 4.78 is 0. The Balaban J connectivity index is 1.66. The minimum Gasteiger partial charge on any atom is -0.352 e. The lowest BCUT2D eigenvalue weighted by molar-refractivity contribution is -0.122. The van der Waals surface area contributed by atoms with Gasteiger partial charge in [-0.05, 0) is 41.8 Å². The van der Waals surface area contributed by atoms with Crippen molar-refractivity contribution in [2.45, 2.75) is 32.4 Å². The summed E-state index contributed by atoms with van der Waals surface area (Å²) in [6.07, 6.45) is 0.945. The number of rotatable bonds is 8. The molecule has 0 bridgehead atoms. The smallest absolute Gasteiger partial charge is 0.220 e. The van der Waals surface area contributed by atoms with E-state index in [-0.39, 0.29) is 24.7 Å². The highest BCUT2D eigenvalue weighted by Crippen LogP contribution is 2.21. The molecule has 0 aliphatic rings. The van der Waals surface area contributed by atoms with Gasteiger partial charge in [0.2, 0.25) is 11.8 Å². The van der Waals surface area contributed by atoms with Gasteiger partial charge in [0.05, 0.1) is 0 Å². The Morgan fingerprint density at radius 3 is 1.48 bits per heavy atom. The van der Waals surface area contributed by atoms with Gasteiger partial charge < -0.3 is 10.6 Å². The van der Waals surface area contributed by atoms with Crippen LogP contribution < -0.4 is 10.6 Å². The molecule has 0 spiro atoms. The largest absolute Gasteiger partial charge is 0.352 e. The van der Waals surface area contributed by atoms with Crippen LogP contribution in [0.25, 0.3) is 0 Å². The number of amides is 2. The minimum atomic E-state index is -0.144. The van der Waals surface area contributed by atoms with Crippen LogP contribution >= 0.6 is 46.4 Å². The highest BCUT2D eigenvalue weighted by molar-refractivity contribution is 6.35. The van der Waals surface area contributed by atoms with Gasteiger partial charge in [-0.25, -0.2) is 0 Å². The fraction of sp³-hybridized carbons (Fsp3) is 0.263. The molecule has 144 valence electrons. The fourth-order valence-electron chi connectivity index (χ4n) is 2.30. The number of carbonyl (C=O) groups excluding carboxylic acids is 2. The van der Waals surface area contributed by atoms with E-state index in [9.17, 15) is 9.59 Å². The molecule has 2 N–H and O–H groups in total. The Morgan fingerprint density at radius 2 is 1.11 bits per heavy atom. The fourth-order valence-corrected chi connectivity index (χ4v) is 3.25. The number of halogens is 4. The quantitative estimate of drug-likeness (QED) is 0.568. The second-order valence-corrected chi connectivity index (χ2v) is 7.57. The number of benzene rings is 2. The standard InChI is InChI=1S/C19H18Cl4N2O2/c20-14-6-4-12(16(22)8-14)10-24-18(26)2-1-3-19(27)25-11-13-5-7-15(21)9-17(13)23/h4-9H,1-3,10-11H2,(H,24,26)(H,25,27). The first-order valence-electron chi connectivity index (χ1n) is 8.26. The summed E-state index contributed by atoms with van der Waals surface area (Å²) in [6, 6.07) is 10.2. The molecular weight excluding hydrogens is 430 g/mol. The predicted octanol–water partition coefficient (Wildman–Crippen LogP) is 5.40. The molecule has 0 saturated heterocycles. The molecule has 0 heterocycles. The van der Waals surface area contributed by atoms with E-state index in [1.54, 1.807) is 36.4 Å². The topological polar surface area (TPSA) is 58.2 Å². The van der Waals surface area contributed by atoms with Crippen molar-refractivity contribution >= 4 is 58.2 Å². The maximum absolute atomic E-state index is 11.9. The van der Waals surface area contributed by atoms with Crippen molar-refractivity contribution in [2.75, 3.05) is 0 Å². The zero-order valence-corrected chi connectivity index (χ0v) is 17.4. The van der Waals surface area contributed by atoms with Gasteiger partial charge in [0.25, 0.3) is 0 Å². The molecular formula is C19H18Cl4N2O2. The minimum absolute atomic E-state index is 0.144. The summed E-state index contributed by atoms with van der Waals surface area (Å²) in [5.41, 5.74) is 1.57. The Morgan fingerprint density at radius 1 is 0.704 bits per heavy atom. The van der Waals surface area contributed by atoms with Crippen molar-refractivity contribution < 1.29 is 9.59 Å². The van der Waals surface area contributed by atoms with Gasteiger partial charge in [-0.3, -0.25) is 9.59 Å². The van der Waals surface area contributed by atoms with Gasteiger partial charge in [0.1, 0.15) is 0 Å². The maximum atomic E-state index is 11.9. The maximum Gasteiger partial charge on any atom is 0.220 e. The van der Waals surface area contributed by atoms with Crippen LogP contribution in [0.1, 0.15) is 30.4 Å². The zero-order chi connectivity index (χ0) is 19.8. The summed E-state index contributed by atoms with van der Waals surface area (Å²) in [5, 5.41) is 7.64. The van der Waals surface area contributed by atoms with Gasteiger partial charge in [-0.15, -0.1) is 0 Å². The molecule has 8 heteroatoms. The third kappa shape index (κ3) is 7.59. The molecule has 0 fully saturated rings. The van der Waals surface area contributed by atoms with E-state index in [1.807, 2.05) is 0 Å². The Kier molecular flexibility index (Phi) is 8.71. The highest BCUT2D eigenvalue weighted by Gasteiger charge is 2.08. The first-order chi connectivity index (χ1) is 12.8. The predicted molar refractivity (Wildman–Crippen MR) is 110 cm³/mol. The third-order valence-electron chi connectivity index (χ3n) is 3.79. The van der Waals surface area contributed by atoms with E-state index in [0.717, 1.165) is 11.1 Å². The van der Waals surface area contributed by atoms with E-state index < -0.39 is 0 Å². The summed E-state index contributed by atoms with van der Waals surface area (Å²) in [5.74, 6) is -0.288. The van der Waals surface area contributed by atoms with Gasteiger partial charge in [-0.1, -0.05) is 58.5 Å². The average molecular weight is 448 g/mol. The van der Waals surface area contributed by atoms with Crippen LogP contribution in [-0.4, -0.2) is 11.8 Å². The molecule has 0 radical (unpaired) electrons.